The van der Waals surface area contributed by atoms with Crippen LogP contribution in [0.1, 0.15) is 61.7 Å². The summed E-state index contributed by atoms with van der Waals surface area (Å²) in [5, 5.41) is 0.223. The van der Waals surface area contributed by atoms with E-state index < -0.39 is 5.82 Å². The summed E-state index contributed by atoms with van der Waals surface area (Å²) in [6.07, 6.45) is 9.11. The molecule has 2 saturated carbocycles. The van der Waals surface area contributed by atoms with Crippen molar-refractivity contribution in [2.45, 2.75) is 63.5 Å². The second-order valence-electron chi connectivity index (χ2n) is 6.21. The number of rotatable bonds is 3. The highest BCUT2D eigenvalue weighted by molar-refractivity contribution is 6.33. The molecule has 0 aromatic heterocycles. The molecule has 1 aromatic rings. The predicted molar refractivity (Wildman–Crippen MR) is 82.1 cm³/mol. The van der Waals surface area contributed by atoms with Crippen LogP contribution in [0.5, 0.6) is 0 Å². The molecule has 0 heterocycles. The van der Waals surface area contributed by atoms with Crippen molar-refractivity contribution in [1.29, 1.82) is 0 Å². The first-order chi connectivity index (χ1) is 10.2. The van der Waals surface area contributed by atoms with Gasteiger partial charge in [0.15, 0.2) is 0 Å². The van der Waals surface area contributed by atoms with Gasteiger partial charge in [0.1, 0.15) is 5.82 Å². The predicted octanol–water partition coefficient (Wildman–Crippen LogP) is 4.81. The fourth-order valence-corrected chi connectivity index (χ4v) is 4.04. The van der Waals surface area contributed by atoms with E-state index in [9.17, 15) is 9.18 Å². The largest absolute Gasteiger partial charge is 0.333 e. The van der Waals surface area contributed by atoms with Gasteiger partial charge < -0.3 is 4.90 Å². The summed E-state index contributed by atoms with van der Waals surface area (Å²) in [4.78, 5) is 15.0. The van der Waals surface area contributed by atoms with Gasteiger partial charge in [-0.15, -0.1) is 0 Å². The average molecular weight is 310 g/mol. The highest BCUT2D eigenvalue weighted by Gasteiger charge is 2.35. The van der Waals surface area contributed by atoms with Gasteiger partial charge in [-0.1, -0.05) is 37.3 Å². The summed E-state index contributed by atoms with van der Waals surface area (Å²) in [5.74, 6) is -0.413. The highest BCUT2D eigenvalue weighted by Crippen LogP contribution is 2.33. The van der Waals surface area contributed by atoms with Crippen molar-refractivity contribution in [3.8, 4) is 0 Å². The molecule has 1 amide bonds. The third-order valence-corrected chi connectivity index (χ3v) is 5.14. The van der Waals surface area contributed by atoms with Gasteiger partial charge >= 0.3 is 0 Å². The van der Waals surface area contributed by atoms with Crippen molar-refractivity contribution in [2.75, 3.05) is 0 Å². The lowest BCUT2D eigenvalue weighted by Gasteiger charge is -2.35. The SMILES string of the molecule is O=C(c1ccc(F)cc1Cl)N(C1CCCC1)C1CCCC1. The molecular formula is C17H21ClFNO. The Morgan fingerprint density at radius 3 is 2.05 bits per heavy atom. The third-order valence-electron chi connectivity index (χ3n) is 4.83. The summed E-state index contributed by atoms with van der Waals surface area (Å²) in [6.45, 7) is 0. The van der Waals surface area contributed by atoms with Gasteiger partial charge in [-0.3, -0.25) is 4.79 Å². The minimum absolute atomic E-state index is 0.0150. The number of carbonyl (C=O) groups is 1. The fraction of sp³-hybridized carbons (Fsp3) is 0.588. The maximum atomic E-state index is 13.2. The van der Waals surface area contributed by atoms with E-state index in [0.717, 1.165) is 25.7 Å². The van der Waals surface area contributed by atoms with Crippen molar-refractivity contribution < 1.29 is 9.18 Å². The molecule has 114 valence electrons. The smallest absolute Gasteiger partial charge is 0.255 e. The van der Waals surface area contributed by atoms with E-state index in [1.165, 1.54) is 43.9 Å². The molecule has 2 fully saturated rings. The molecule has 1 aromatic carbocycles. The topological polar surface area (TPSA) is 20.3 Å². The zero-order chi connectivity index (χ0) is 14.8. The number of nitrogens with zero attached hydrogens (tertiary/aromatic N) is 1. The Labute approximate surface area is 130 Å². The molecule has 0 atom stereocenters. The van der Waals surface area contributed by atoms with Crippen LogP contribution in [0, 0.1) is 5.82 Å². The quantitative estimate of drug-likeness (QED) is 0.785. The van der Waals surface area contributed by atoms with Gasteiger partial charge in [-0.05, 0) is 43.9 Å². The minimum atomic E-state index is -0.398. The van der Waals surface area contributed by atoms with Crippen LogP contribution < -0.4 is 0 Å². The second kappa shape index (κ2) is 6.35. The molecule has 2 nitrogen and oxygen atoms in total. The Kier molecular flexibility index (Phi) is 4.48. The Morgan fingerprint density at radius 2 is 1.57 bits per heavy atom. The lowest BCUT2D eigenvalue weighted by molar-refractivity contribution is 0.0580. The van der Waals surface area contributed by atoms with Crippen molar-refractivity contribution in [1.82, 2.24) is 4.90 Å². The highest BCUT2D eigenvalue weighted by atomic mass is 35.5. The van der Waals surface area contributed by atoms with Crippen LogP contribution in [-0.2, 0) is 0 Å². The molecule has 2 aliphatic rings. The van der Waals surface area contributed by atoms with Crippen LogP contribution in [0.2, 0.25) is 5.02 Å². The Hall–Kier alpha value is -1.09. The summed E-state index contributed by atoms with van der Waals surface area (Å²) in [5.41, 5.74) is 0.442. The van der Waals surface area contributed by atoms with Crippen LogP contribution in [0.3, 0.4) is 0 Å². The van der Waals surface area contributed by atoms with E-state index in [0.29, 0.717) is 17.6 Å². The van der Waals surface area contributed by atoms with Crippen LogP contribution in [0.25, 0.3) is 0 Å². The zero-order valence-corrected chi connectivity index (χ0v) is 12.9. The maximum absolute atomic E-state index is 13.2. The molecule has 3 rings (SSSR count). The van der Waals surface area contributed by atoms with Gasteiger partial charge in [-0.25, -0.2) is 4.39 Å². The lowest BCUT2D eigenvalue weighted by Crippen LogP contribution is -2.45. The normalized spacial score (nSPS) is 20.1. The van der Waals surface area contributed by atoms with Crippen LogP contribution in [0.15, 0.2) is 18.2 Å². The van der Waals surface area contributed by atoms with Crippen LogP contribution in [0.4, 0.5) is 4.39 Å². The van der Waals surface area contributed by atoms with Gasteiger partial charge in [-0.2, -0.15) is 0 Å². The van der Waals surface area contributed by atoms with Crippen molar-refractivity contribution in [3.05, 3.63) is 34.6 Å². The van der Waals surface area contributed by atoms with E-state index >= 15 is 0 Å². The first-order valence-electron chi connectivity index (χ1n) is 7.94. The molecule has 0 spiro atoms. The number of amides is 1. The minimum Gasteiger partial charge on any atom is -0.333 e. The molecule has 4 heteroatoms. The fourth-order valence-electron chi connectivity index (χ4n) is 3.80. The lowest BCUT2D eigenvalue weighted by atomic mass is 10.1. The molecule has 0 unspecified atom stereocenters. The zero-order valence-electron chi connectivity index (χ0n) is 12.2. The van der Waals surface area contributed by atoms with Crippen LogP contribution >= 0.6 is 11.6 Å². The van der Waals surface area contributed by atoms with Gasteiger partial charge in [0.2, 0.25) is 0 Å². The van der Waals surface area contributed by atoms with Gasteiger partial charge in [0, 0.05) is 12.1 Å². The number of benzene rings is 1. The molecule has 0 bridgehead atoms. The molecule has 2 aliphatic carbocycles. The molecule has 0 N–H and O–H groups in total. The summed E-state index contributed by atoms with van der Waals surface area (Å²) >= 11 is 6.09. The van der Waals surface area contributed by atoms with Crippen molar-refractivity contribution in [3.63, 3.8) is 0 Å². The molecule has 0 aliphatic heterocycles. The molecule has 0 radical (unpaired) electrons. The summed E-state index contributed by atoms with van der Waals surface area (Å²) in [7, 11) is 0. The van der Waals surface area contributed by atoms with Crippen molar-refractivity contribution >= 4 is 17.5 Å². The van der Waals surface area contributed by atoms with Gasteiger partial charge in [0.05, 0.1) is 10.6 Å². The Balaban J connectivity index is 1.89. The van der Waals surface area contributed by atoms with Crippen LogP contribution in [-0.4, -0.2) is 22.9 Å². The summed E-state index contributed by atoms with van der Waals surface area (Å²) in [6, 6.07) is 4.75. The molecule has 21 heavy (non-hydrogen) atoms. The number of carbonyl (C=O) groups excluding carboxylic acids is 1. The molecular weight excluding hydrogens is 289 g/mol. The van der Waals surface area contributed by atoms with E-state index in [-0.39, 0.29) is 10.9 Å². The summed E-state index contributed by atoms with van der Waals surface area (Å²) < 4.78 is 13.2. The second-order valence-corrected chi connectivity index (χ2v) is 6.62. The number of halogens is 2. The first kappa shape index (κ1) is 14.8. The van der Waals surface area contributed by atoms with E-state index in [1.54, 1.807) is 0 Å². The average Bonchev–Trinajstić information content (AvgIpc) is 3.12. The Bertz CT molecular complexity index is 506. The number of hydrogen-bond donors (Lipinski definition) is 0. The standard InChI is InChI=1S/C17H21ClFNO/c18-16-11-12(19)9-10-15(16)17(21)20(13-5-1-2-6-13)14-7-3-4-8-14/h9-11,13-14H,1-8H2. The maximum Gasteiger partial charge on any atom is 0.255 e. The van der Waals surface area contributed by atoms with Gasteiger partial charge in [0.25, 0.3) is 5.91 Å². The van der Waals surface area contributed by atoms with E-state index in [2.05, 4.69) is 4.90 Å². The Morgan fingerprint density at radius 1 is 1.05 bits per heavy atom. The van der Waals surface area contributed by atoms with E-state index in [4.69, 9.17) is 11.6 Å². The third kappa shape index (κ3) is 3.08. The monoisotopic (exact) mass is 309 g/mol. The van der Waals surface area contributed by atoms with E-state index in [1.807, 2.05) is 0 Å². The first-order valence-corrected chi connectivity index (χ1v) is 8.32. The van der Waals surface area contributed by atoms with Crippen molar-refractivity contribution in [2.24, 2.45) is 0 Å². The molecule has 0 saturated heterocycles. The number of hydrogen-bond acceptors (Lipinski definition) is 1.